The molecule has 0 unspecified atom stereocenters. The van der Waals surface area contributed by atoms with E-state index in [0.717, 1.165) is 11.1 Å². The standard InChI is InChI=1S/C18H18O2/c1-12-4-8-15(9-5-12)17(19)14(3)18(20)16-10-6-13(2)7-11-16/h4-11,14H,1-3H3. The molecule has 0 aliphatic carbocycles. The first kappa shape index (κ1) is 14.2. The van der Waals surface area contributed by atoms with Gasteiger partial charge in [0.15, 0.2) is 11.6 Å². The predicted octanol–water partition coefficient (Wildman–Crippen LogP) is 4.01. The fourth-order valence-electron chi connectivity index (χ4n) is 2.05. The second-order valence-electron chi connectivity index (χ2n) is 5.18. The molecule has 0 aromatic heterocycles. The molecule has 20 heavy (non-hydrogen) atoms. The van der Waals surface area contributed by atoms with Gasteiger partial charge in [-0.1, -0.05) is 59.7 Å². The zero-order chi connectivity index (χ0) is 14.7. The Morgan fingerprint density at radius 2 is 1.00 bits per heavy atom. The molecule has 0 bridgehead atoms. The van der Waals surface area contributed by atoms with Gasteiger partial charge in [-0.3, -0.25) is 9.59 Å². The lowest BCUT2D eigenvalue weighted by molar-refractivity contribution is 0.0821. The molecule has 2 rings (SSSR count). The molecule has 0 spiro atoms. The van der Waals surface area contributed by atoms with E-state index in [2.05, 4.69) is 0 Å². The van der Waals surface area contributed by atoms with Crippen LogP contribution >= 0.6 is 0 Å². The van der Waals surface area contributed by atoms with Crippen molar-refractivity contribution in [2.75, 3.05) is 0 Å². The number of benzene rings is 2. The van der Waals surface area contributed by atoms with E-state index in [4.69, 9.17) is 0 Å². The van der Waals surface area contributed by atoms with Crippen LogP contribution in [-0.4, -0.2) is 11.6 Å². The van der Waals surface area contributed by atoms with Crippen LogP contribution in [0.4, 0.5) is 0 Å². The molecule has 2 nitrogen and oxygen atoms in total. The molecule has 2 heteroatoms. The van der Waals surface area contributed by atoms with E-state index in [1.165, 1.54) is 0 Å². The average Bonchev–Trinajstić information content (AvgIpc) is 2.46. The fraction of sp³-hybridized carbons (Fsp3) is 0.222. The van der Waals surface area contributed by atoms with Gasteiger partial charge in [-0.2, -0.15) is 0 Å². The molecule has 0 heterocycles. The maximum absolute atomic E-state index is 12.3. The third-order valence-corrected chi connectivity index (χ3v) is 3.46. The zero-order valence-corrected chi connectivity index (χ0v) is 12.0. The van der Waals surface area contributed by atoms with Crippen LogP contribution in [-0.2, 0) is 0 Å². The molecule has 102 valence electrons. The Balaban J connectivity index is 2.20. The van der Waals surface area contributed by atoms with Crippen molar-refractivity contribution in [3.8, 4) is 0 Å². The molecule has 2 aromatic carbocycles. The van der Waals surface area contributed by atoms with Crippen molar-refractivity contribution >= 4 is 11.6 Å². The van der Waals surface area contributed by atoms with E-state index in [1.807, 2.05) is 38.1 Å². The number of aryl methyl sites for hydroxylation is 2. The van der Waals surface area contributed by atoms with Crippen LogP contribution in [0.5, 0.6) is 0 Å². The van der Waals surface area contributed by atoms with Crippen LogP contribution in [0.2, 0.25) is 0 Å². The first-order chi connectivity index (χ1) is 9.49. The Morgan fingerprint density at radius 3 is 1.30 bits per heavy atom. The highest BCUT2D eigenvalue weighted by Gasteiger charge is 2.23. The van der Waals surface area contributed by atoms with Gasteiger partial charge in [0.05, 0.1) is 5.92 Å². The van der Waals surface area contributed by atoms with Gasteiger partial charge in [-0.25, -0.2) is 0 Å². The van der Waals surface area contributed by atoms with Crippen LogP contribution in [0.1, 0.15) is 38.8 Å². The van der Waals surface area contributed by atoms with E-state index in [-0.39, 0.29) is 11.6 Å². The van der Waals surface area contributed by atoms with Crippen molar-refractivity contribution in [3.63, 3.8) is 0 Å². The smallest absolute Gasteiger partial charge is 0.173 e. The minimum Gasteiger partial charge on any atom is -0.293 e. The highest BCUT2D eigenvalue weighted by Crippen LogP contribution is 2.16. The van der Waals surface area contributed by atoms with Crippen molar-refractivity contribution in [2.45, 2.75) is 20.8 Å². The molecule has 0 saturated heterocycles. The molecule has 0 aliphatic rings. The molecule has 0 amide bonds. The Kier molecular flexibility index (Phi) is 4.14. The molecule has 0 N–H and O–H groups in total. The summed E-state index contributed by atoms with van der Waals surface area (Å²) in [5, 5.41) is 0. The highest BCUT2D eigenvalue weighted by atomic mass is 16.1. The topological polar surface area (TPSA) is 34.1 Å². The van der Waals surface area contributed by atoms with Crippen LogP contribution in [0, 0.1) is 19.8 Å². The van der Waals surface area contributed by atoms with Gasteiger partial charge in [0.2, 0.25) is 0 Å². The van der Waals surface area contributed by atoms with E-state index >= 15 is 0 Å². The zero-order valence-electron chi connectivity index (χ0n) is 12.0. The predicted molar refractivity (Wildman–Crippen MR) is 80.2 cm³/mol. The van der Waals surface area contributed by atoms with E-state index < -0.39 is 5.92 Å². The maximum Gasteiger partial charge on any atom is 0.173 e. The monoisotopic (exact) mass is 266 g/mol. The van der Waals surface area contributed by atoms with Gasteiger partial charge in [0.1, 0.15) is 0 Å². The molecule has 0 fully saturated rings. The van der Waals surface area contributed by atoms with Crippen molar-refractivity contribution in [3.05, 3.63) is 70.8 Å². The van der Waals surface area contributed by atoms with Crippen molar-refractivity contribution in [1.29, 1.82) is 0 Å². The number of carbonyl (C=O) groups is 2. The Bertz CT molecular complexity index is 564. The molecule has 2 aromatic rings. The molecule has 0 saturated carbocycles. The van der Waals surface area contributed by atoms with E-state index in [9.17, 15) is 9.59 Å². The molecular formula is C18H18O2. The Morgan fingerprint density at radius 1 is 0.700 bits per heavy atom. The lowest BCUT2D eigenvalue weighted by atomic mass is 9.91. The minimum absolute atomic E-state index is 0.129. The number of hydrogen-bond donors (Lipinski definition) is 0. The number of rotatable bonds is 4. The Labute approximate surface area is 119 Å². The largest absolute Gasteiger partial charge is 0.293 e. The number of carbonyl (C=O) groups excluding carboxylic acids is 2. The van der Waals surface area contributed by atoms with Crippen LogP contribution in [0.25, 0.3) is 0 Å². The summed E-state index contributed by atoms with van der Waals surface area (Å²) in [6.07, 6.45) is 0. The lowest BCUT2D eigenvalue weighted by Crippen LogP contribution is -2.21. The number of Topliss-reactive ketones (excluding diaryl/α,β-unsaturated/α-hetero) is 2. The summed E-state index contributed by atoms with van der Waals surface area (Å²) in [7, 11) is 0. The van der Waals surface area contributed by atoms with Crippen LogP contribution in [0.3, 0.4) is 0 Å². The average molecular weight is 266 g/mol. The first-order valence-electron chi connectivity index (χ1n) is 6.71. The molecular weight excluding hydrogens is 248 g/mol. The highest BCUT2D eigenvalue weighted by molar-refractivity contribution is 6.15. The third-order valence-electron chi connectivity index (χ3n) is 3.46. The van der Waals surface area contributed by atoms with Crippen LogP contribution in [0.15, 0.2) is 48.5 Å². The third kappa shape index (κ3) is 3.02. The first-order valence-corrected chi connectivity index (χ1v) is 6.71. The normalized spacial score (nSPS) is 10.6. The number of ketones is 2. The van der Waals surface area contributed by atoms with Crippen molar-refractivity contribution in [1.82, 2.24) is 0 Å². The lowest BCUT2D eigenvalue weighted by Gasteiger charge is -2.10. The quantitative estimate of drug-likeness (QED) is 0.619. The summed E-state index contributed by atoms with van der Waals surface area (Å²) in [5.41, 5.74) is 3.37. The summed E-state index contributed by atoms with van der Waals surface area (Å²) in [6.45, 7) is 5.61. The van der Waals surface area contributed by atoms with Gasteiger partial charge >= 0.3 is 0 Å². The Hall–Kier alpha value is -2.22. The van der Waals surface area contributed by atoms with Crippen molar-refractivity contribution in [2.24, 2.45) is 5.92 Å². The van der Waals surface area contributed by atoms with Gasteiger partial charge in [0, 0.05) is 11.1 Å². The summed E-state index contributed by atoms with van der Waals surface area (Å²) in [6, 6.07) is 14.6. The summed E-state index contributed by atoms with van der Waals surface area (Å²) < 4.78 is 0. The van der Waals surface area contributed by atoms with Gasteiger partial charge < -0.3 is 0 Å². The summed E-state index contributed by atoms with van der Waals surface area (Å²) in [4.78, 5) is 24.6. The van der Waals surface area contributed by atoms with Gasteiger partial charge in [-0.05, 0) is 20.8 Å². The van der Waals surface area contributed by atoms with Gasteiger partial charge in [0.25, 0.3) is 0 Å². The summed E-state index contributed by atoms with van der Waals surface area (Å²) in [5.74, 6) is -0.911. The maximum atomic E-state index is 12.3. The molecule has 0 atom stereocenters. The fourth-order valence-corrected chi connectivity index (χ4v) is 2.05. The van der Waals surface area contributed by atoms with Crippen LogP contribution < -0.4 is 0 Å². The summed E-state index contributed by atoms with van der Waals surface area (Å²) >= 11 is 0. The van der Waals surface area contributed by atoms with Crippen molar-refractivity contribution < 1.29 is 9.59 Å². The SMILES string of the molecule is Cc1ccc(C(=O)C(C)C(=O)c2ccc(C)cc2)cc1. The number of hydrogen-bond acceptors (Lipinski definition) is 2. The molecule has 0 radical (unpaired) electrons. The second kappa shape index (κ2) is 5.83. The molecule has 0 aliphatic heterocycles. The second-order valence-corrected chi connectivity index (χ2v) is 5.18. The van der Waals surface area contributed by atoms with E-state index in [1.54, 1.807) is 31.2 Å². The van der Waals surface area contributed by atoms with E-state index in [0.29, 0.717) is 11.1 Å². The van der Waals surface area contributed by atoms with Gasteiger partial charge in [-0.15, -0.1) is 0 Å². The minimum atomic E-state index is -0.652.